The van der Waals surface area contributed by atoms with E-state index in [1.807, 2.05) is 89.8 Å². The number of hydrogen-bond acceptors (Lipinski definition) is 3. The Hall–Kier alpha value is -3.41. The van der Waals surface area contributed by atoms with Gasteiger partial charge in [-0.05, 0) is 42.2 Å². The minimum Gasteiger partial charge on any atom is -0.369 e. The average molecular weight is 500 g/mol. The first-order chi connectivity index (χ1) is 17.0. The summed E-state index contributed by atoms with van der Waals surface area (Å²) in [5.41, 5.74) is 8.92. The summed E-state index contributed by atoms with van der Waals surface area (Å²) in [7, 11) is 0. The molecule has 1 aliphatic heterocycles. The second-order valence-corrected chi connectivity index (χ2v) is 10.2. The predicted octanol–water partition coefficient (Wildman–Crippen LogP) is 6.19. The van der Waals surface area contributed by atoms with Crippen LogP contribution < -0.4 is 5.73 Å². The Kier molecular flexibility index (Phi) is 6.46. The minimum atomic E-state index is -0.748. The molecule has 3 aromatic carbocycles. The van der Waals surface area contributed by atoms with E-state index in [0.29, 0.717) is 35.8 Å². The van der Waals surface area contributed by atoms with Crippen molar-refractivity contribution in [1.29, 1.82) is 0 Å². The molecule has 0 saturated carbocycles. The molecular weight excluding hydrogens is 476 g/mol. The molecule has 175 valence electrons. The van der Waals surface area contributed by atoms with Crippen LogP contribution in [0, 0.1) is 6.07 Å². The number of thiophene rings is 1. The molecule has 1 saturated heterocycles. The Morgan fingerprint density at radius 1 is 0.914 bits per heavy atom. The standard InChI is InChI=1S/C29H24ClN2O2S/c30-24-14-8-7-13-22(24)26-23(20-9-3-1-4-10-20)19-25(35-26)27(33)32-17-15-29(16-18-32,28(31)34)21-11-5-2-6-12-21/h2-14,19H,15-18H2,(H2,31,34). The first kappa shape index (κ1) is 23.3. The van der Waals surface area contributed by atoms with E-state index in [0.717, 1.165) is 27.1 Å². The van der Waals surface area contributed by atoms with Crippen LogP contribution in [0.1, 0.15) is 28.1 Å². The molecule has 0 spiro atoms. The molecule has 2 N–H and O–H groups in total. The molecule has 0 aliphatic carbocycles. The van der Waals surface area contributed by atoms with E-state index in [1.165, 1.54) is 11.3 Å². The Balaban J connectivity index is 1.46. The van der Waals surface area contributed by atoms with Crippen molar-refractivity contribution in [3.05, 3.63) is 106 Å². The smallest absolute Gasteiger partial charge is 0.263 e. The van der Waals surface area contributed by atoms with Crippen molar-refractivity contribution in [3.63, 3.8) is 0 Å². The van der Waals surface area contributed by atoms with E-state index in [9.17, 15) is 9.59 Å². The largest absolute Gasteiger partial charge is 0.369 e. The lowest BCUT2D eigenvalue weighted by molar-refractivity contribution is -0.125. The van der Waals surface area contributed by atoms with Crippen LogP contribution in [-0.2, 0) is 10.2 Å². The van der Waals surface area contributed by atoms with Crippen molar-refractivity contribution in [2.45, 2.75) is 18.3 Å². The highest BCUT2D eigenvalue weighted by Gasteiger charge is 2.42. The van der Waals surface area contributed by atoms with Gasteiger partial charge in [0.1, 0.15) is 0 Å². The number of piperidine rings is 1. The first-order valence-electron chi connectivity index (χ1n) is 11.5. The number of nitrogens with two attached hydrogens (primary N) is 1. The maximum absolute atomic E-state index is 13.6. The molecule has 35 heavy (non-hydrogen) atoms. The van der Waals surface area contributed by atoms with Crippen molar-refractivity contribution in [1.82, 2.24) is 4.90 Å². The van der Waals surface area contributed by atoms with Crippen LogP contribution >= 0.6 is 22.9 Å². The van der Waals surface area contributed by atoms with Crippen LogP contribution in [0.25, 0.3) is 21.6 Å². The van der Waals surface area contributed by atoms with Gasteiger partial charge in [-0.1, -0.05) is 84.4 Å². The summed E-state index contributed by atoms with van der Waals surface area (Å²) in [6, 6.07) is 30.0. The number of carbonyl (C=O) groups is 2. The minimum absolute atomic E-state index is 0.0387. The zero-order chi connectivity index (χ0) is 24.4. The molecule has 4 aromatic rings. The number of nitrogens with zero attached hydrogens (tertiary/aromatic N) is 1. The molecule has 4 nitrogen and oxygen atoms in total. The van der Waals surface area contributed by atoms with Gasteiger partial charge in [0, 0.05) is 34.1 Å². The van der Waals surface area contributed by atoms with Gasteiger partial charge in [0.25, 0.3) is 5.91 Å². The number of amides is 2. The number of primary amides is 1. The van der Waals surface area contributed by atoms with Gasteiger partial charge in [0.05, 0.1) is 10.3 Å². The monoisotopic (exact) mass is 499 g/mol. The third kappa shape index (κ3) is 4.38. The van der Waals surface area contributed by atoms with Gasteiger partial charge in [-0.25, -0.2) is 0 Å². The summed E-state index contributed by atoms with van der Waals surface area (Å²) in [6.07, 6.45) is 1.00. The lowest BCUT2D eigenvalue weighted by Crippen LogP contribution is -2.51. The van der Waals surface area contributed by atoms with Gasteiger partial charge in [0.2, 0.25) is 5.91 Å². The summed E-state index contributed by atoms with van der Waals surface area (Å²) >= 11 is 7.98. The van der Waals surface area contributed by atoms with Gasteiger partial charge < -0.3 is 10.6 Å². The van der Waals surface area contributed by atoms with Gasteiger partial charge in [-0.3, -0.25) is 9.59 Å². The van der Waals surface area contributed by atoms with Crippen molar-refractivity contribution >= 4 is 34.8 Å². The maximum atomic E-state index is 13.6. The molecule has 0 unspecified atom stereocenters. The molecule has 1 radical (unpaired) electrons. The lowest BCUT2D eigenvalue weighted by atomic mass is 9.72. The van der Waals surface area contributed by atoms with Crippen molar-refractivity contribution in [3.8, 4) is 21.6 Å². The van der Waals surface area contributed by atoms with Crippen LogP contribution in [0.15, 0.2) is 84.9 Å². The zero-order valence-corrected chi connectivity index (χ0v) is 20.6. The summed E-state index contributed by atoms with van der Waals surface area (Å²) in [5, 5.41) is 0.643. The van der Waals surface area contributed by atoms with Crippen LogP contribution in [0.3, 0.4) is 0 Å². The van der Waals surface area contributed by atoms with Crippen LogP contribution in [-0.4, -0.2) is 29.8 Å². The number of halogens is 1. The average Bonchev–Trinajstić information content (AvgIpc) is 3.35. The van der Waals surface area contributed by atoms with E-state index in [1.54, 1.807) is 0 Å². The topological polar surface area (TPSA) is 63.4 Å². The lowest BCUT2D eigenvalue weighted by Gasteiger charge is -2.40. The van der Waals surface area contributed by atoms with Gasteiger partial charge in [0.15, 0.2) is 0 Å². The van der Waals surface area contributed by atoms with E-state index in [2.05, 4.69) is 6.07 Å². The second kappa shape index (κ2) is 9.68. The van der Waals surface area contributed by atoms with Crippen molar-refractivity contribution in [2.75, 3.05) is 13.1 Å². The number of carbonyl (C=O) groups excluding carboxylic acids is 2. The summed E-state index contributed by atoms with van der Waals surface area (Å²) in [4.78, 5) is 29.6. The molecule has 6 heteroatoms. The SMILES string of the molecule is NC(=O)C1(c2ccccc2)CCN(C(=O)c2cc(-c3cc[c]cc3)c(-c3ccccc3Cl)s2)CC1. The molecular formula is C29H24ClN2O2S. The molecule has 0 atom stereocenters. The fourth-order valence-corrected chi connectivity index (χ4v) is 6.28. The quantitative estimate of drug-likeness (QED) is 0.355. The maximum Gasteiger partial charge on any atom is 0.263 e. The molecule has 2 heterocycles. The highest BCUT2D eigenvalue weighted by atomic mass is 35.5. The second-order valence-electron chi connectivity index (χ2n) is 8.73. The Morgan fingerprint density at radius 2 is 1.57 bits per heavy atom. The Labute approximate surface area is 214 Å². The third-order valence-corrected chi connectivity index (χ3v) is 8.28. The fraction of sp³-hybridized carbons (Fsp3) is 0.172. The molecule has 1 aliphatic rings. The Morgan fingerprint density at radius 3 is 2.23 bits per heavy atom. The number of hydrogen-bond donors (Lipinski definition) is 1. The normalized spacial score (nSPS) is 15.1. The molecule has 1 fully saturated rings. The van der Waals surface area contributed by atoms with E-state index in [-0.39, 0.29) is 11.8 Å². The van der Waals surface area contributed by atoms with E-state index >= 15 is 0 Å². The first-order valence-corrected chi connectivity index (χ1v) is 12.7. The third-order valence-electron chi connectivity index (χ3n) is 6.79. The Bertz CT molecular complexity index is 1360. The molecule has 5 rings (SSSR count). The van der Waals surface area contributed by atoms with Gasteiger partial charge in [-0.15, -0.1) is 11.3 Å². The summed E-state index contributed by atoms with van der Waals surface area (Å²) in [5.74, 6) is -0.376. The van der Waals surface area contributed by atoms with Crippen LogP contribution in [0.5, 0.6) is 0 Å². The number of rotatable bonds is 5. The van der Waals surface area contributed by atoms with Gasteiger partial charge in [-0.2, -0.15) is 0 Å². The highest BCUT2D eigenvalue weighted by molar-refractivity contribution is 7.18. The van der Waals surface area contributed by atoms with Gasteiger partial charge >= 0.3 is 0 Å². The highest BCUT2D eigenvalue weighted by Crippen LogP contribution is 2.43. The number of benzene rings is 3. The summed E-state index contributed by atoms with van der Waals surface area (Å²) < 4.78 is 0. The summed E-state index contributed by atoms with van der Waals surface area (Å²) in [6.45, 7) is 0.928. The van der Waals surface area contributed by atoms with Crippen molar-refractivity contribution in [2.24, 2.45) is 5.73 Å². The predicted molar refractivity (Wildman–Crippen MR) is 141 cm³/mol. The van der Waals surface area contributed by atoms with E-state index < -0.39 is 5.41 Å². The molecule has 0 bridgehead atoms. The van der Waals surface area contributed by atoms with Crippen LogP contribution in [0.4, 0.5) is 0 Å². The number of likely N-dealkylation sites (tertiary alicyclic amines) is 1. The zero-order valence-electron chi connectivity index (χ0n) is 19.0. The fourth-order valence-electron chi connectivity index (χ4n) is 4.80. The molecule has 2 amide bonds. The van der Waals surface area contributed by atoms with Crippen LogP contribution in [0.2, 0.25) is 5.02 Å². The van der Waals surface area contributed by atoms with E-state index in [4.69, 9.17) is 17.3 Å². The molecule has 1 aromatic heterocycles. The van der Waals surface area contributed by atoms with Crippen molar-refractivity contribution < 1.29 is 9.59 Å².